The van der Waals surface area contributed by atoms with E-state index >= 15 is 0 Å². The molecule has 196 valence electrons. The summed E-state index contributed by atoms with van der Waals surface area (Å²) in [6, 6.07) is 9.65. The molecular weight excluding hydrogens is 470 g/mol. The maximum absolute atomic E-state index is 13.6. The van der Waals surface area contributed by atoms with Crippen molar-refractivity contribution in [2.45, 2.75) is 95.2 Å². The van der Waals surface area contributed by atoms with E-state index in [9.17, 15) is 14.7 Å². The Kier molecular flexibility index (Phi) is 7.34. The molecule has 36 heavy (non-hydrogen) atoms. The van der Waals surface area contributed by atoms with Crippen LogP contribution in [0, 0.1) is 0 Å². The van der Waals surface area contributed by atoms with Crippen LogP contribution in [0.2, 0.25) is 24.7 Å². The van der Waals surface area contributed by atoms with Crippen molar-refractivity contribution in [3.05, 3.63) is 47.2 Å². The predicted octanol–water partition coefficient (Wildman–Crippen LogP) is 5.27. The van der Waals surface area contributed by atoms with Crippen LogP contribution < -0.4 is 10.6 Å². The van der Waals surface area contributed by atoms with Crippen LogP contribution in [0.3, 0.4) is 0 Å². The van der Waals surface area contributed by atoms with Gasteiger partial charge in [-0.15, -0.1) is 0 Å². The summed E-state index contributed by atoms with van der Waals surface area (Å²) in [7, 11) is -1.71. The number of hydrogen-bond donors (Lipinski definition) is 4. The van der Waals surface area contributed by atoms with Crippen LogP contribution in [0.15, 0.2) is 30.3 Å². The zero-order valence-electron chi connectivity index (χ0n) is 22.3. The van der Waals surface area contributed by atoms with Crippen LogP contribution in [-0.2, 0) is 16.9 Å². The van der Waals surface area contributed by atoms with Crippen molar-refractivity contribution in [3.8, 4) is 0 Å². The van der Waals surface area contributed by atoms with E-state index in [1.807, 2.05) is 49.1 Å². The van der Waals surface area contributed by atoms with Crippen LogP contribution in [0.1, 0.15) is 75.2 Å². The number of aliphatic hydroxyl groups excluding tert-OH is 1. The van der Waals surface area contributed by atoms with E-state index in [4.69, 9.17) is 0 Å². The Morgan fingerprint density at radius 2 is 1.86 bits per heavy atom. The molecule has 1 aromatic carbocycles. The van der Waals surface area contributed by atoms with Crippen molar-refractivity contribution >= 4 is 25.8 Å². The largest absolute Gasteiger partial charge is 0.396 e. The molecule has 4 N–H and O–H groups in total. The molecule has 1 aliphatic heterocycles. The van der Waals surface area contributed by atoms with Crippen LogP contribution in [0.25, 0.3) is 0 Å². The number of hydrogen-bond acceptors (Lipinski definition) is 4. The molecule has 2 heterocycles. The van der Waals surface area contributed by atoms with Crippen molar-refractivity contribution < 1.29 is 14.7 Å². The van der Waals surface area contributed by atoms with E-state index in [1.165, 1.54) is 0 Å². The van der Waals surface area contributed by atoms with Gasteiger partial charge in [-0.3, -0.25) is 9.89 Å². The Labute approximate surface area is 215 Å². The lowest BCUT2D eigenvalue weighted by Gasteiger charge is -2.48. The number of carbonyl (C=O) groups is 2. The summed E-state index contributed by atoms with van der Waals surface area (Å²) in [5.41, 5.74) is 2.19. The Bertz CT molecular complexity index is 1090. The molecule has 1 aliphatic carbocycles. The smallest absolute Gasteiger partial charge is 0.318 e. The van der Waals surface area contributed by atoms with Crippen molar-refractivity contribution in [1.29, 1.82) is 0 Å². The summed E-state index contributed by atoms with van der Waals surface area (Å²) in [6.07, 6.45) is 5.25. The van der Waals surface area contributed by atoms with Crippen molar-refractivity contribution in [3.63, 3.8) is 0 Å². The number of aromatic nitrogens is 2. The van der Waals surface area contributed by atoms with E-state index in [-0.39, 0.29) is 29.6 Å². The van der Waals surface area contributed by atoms with Crippen molar-refractivity contribution in [2.24, 2.45) is 0 Å². The summed E-state index contributed by atoms with van der Waals surface area (Å²) >= 11 is 0. The SMILES string of the molecule is CC1(C)c2[nH]nc(NC(=O)C3([Si](C)(C)C)CCC3)c2CN1C(=O)NC(CCCCO)c1ccccc1. The third-order valence-corrected chi connectivity index (χ3v) is 12.0. The number of amides is 3. The molecule has 8 nitrogen and oxygen atoms in total. The highest BCUT2D eigenvalue weighted by Gasteiger charge is 2.54. The Balaban J connectivity index is 1.51. The lowest BCUT2D eigenvalue weighted by atomic mass is 9.83. The summed E-state index contributed by atoms with van der Waals surface area (Å²) in [4.78, 5) is 28.8. The Morgan fingerprint density at radius 1 is 1.17 bits per heavy atom. The van der Waals surface area contributed by atoms with E-state index in [2.05, 4.69) is 40.5 Å². The van der Waals surface area contributed by atoms with E-state index in [1.54, 1.807) is 0 Å². The number of nitrogens with one attached hydrogen (secondary N) is 3. The number of urea groups is 1. The maximum Gasteiger partial charge on any atom is 0.318 e. The predicted molar refractivity (Wildman–Crippen MR) is 144 cm³/mol. The first-order chi connectivity index (χ1) is 17.0. The van der Waals surface area contributed by atoms with Gasteiger partial charge in [0.2, 0.25) is 5.91 Å². The zero-order valence-corrected chi connectivity index (χ0v) is 23.3. The van der Waals surface area contributed by atoms with Gasteiger partial charge in [-0.2, -0.15) is 5.10 Å². The first-order valence-corrected chi connectivity index (χ1v) is 16.6. The van der Waals surface area contributed by atoms with Crippen LogP contribution in [0.4, 0.5) is 10.6 Å². The van der Waals surface area contributed by atoms with Gasteiger partial charge in [0.25, 0.3) is 0 Å². The second-order valence-corrected chi connectivity index (χ2v) is 17.3. The number of aromatic amines is 1. The van der Waals surface area contributed by atoms with Gasteiger partial charge in [0.05, 0.1) is 31.9 Å². The third kappa shape index (κ3) is 4.70. The van der Waals surface area contributed by atoms with Crippen LogP contribution >= 0.6 is 0 Å². The average molecular weight is 512 g/mol. The monoisotopic (exact) mass is 511 g/mol. The number of nitrogens with zero attached hydrogens (tertiary/aromatic N) is 2. The summed E-state index contributed by atoms with van der Waals surface area (Å²) in [5.74, 6) is 0.626. The minimum absolute atomic E-state index is 0.0796. The number of rotatable bonds is 9. The molecule has 1 aromatic heterocycles. The number of carbonyl (C=O) groups excluding carboxylic acids is 2. The molecule has 4 rings (SSSR count). The average Bonchev–Trinajstić information content (AvgIpc) is 3.30. The first kappa shape index (κ1) is 26.4. The fourth-order valence-corrected chi connectivity index (χ4v) is 8.31. The number of fused-ring (bicyclic) bond motifs is 1. The van der Waals surface area contributed by atoms with Crippen molar-refractivity contribution in [2.75, 3.05) is 11.9 Å². The Hall–Kier alpha value is -2.65. The quantitative estimate of drug-likeness (QED) is 0.271. The maximum atomic E-state index is 13.6. The minimum Gasteiger partial charge on any atom is -0.396 e. The summed E-state index contributed by atoms with van der Waals surface area (Å²) < 4.78 is 0. The molecule has 2 aliphatic rings. The molecule has 1 atom stereocenters. The highest BCUT2D eigenvalue weighted by atomic mass is 28.3. The van der Waals surface area contributed by atoms with Crippen LogP contribution in [-0.4, -0.2) is 46.8 Å². The van der Waals surface area contributed by atoms with Crippen molar-refractivity contribution in [1.82, 2.24) is 20.4 Å². The minimum atomic E-state index is -1.71. The number of unbranched alkanes of at least 4 members (excludes halogenated alkanes) is 1. The molecule has 9 heteroatoms. The lowest BCUT2D eigenvalue weighted by Crippen LogP contribution is -2.52. The van der Waals surface area contributed by atoms with Gasteiger partial charge in [0, 0.05) is 17.2 Å². The van der Waals surface area contributed by atoms with Gasteiger partial charge in [-0.05, 0) is 51.5 Å². The van der Waals surface area contributed by atoms with Gasteiger partial charge >= 0.3 is 6.03 Å². The third-order valence-electron chi connectivity index (χ3n) is 8.43. The molecule has 0 spiro atoms. The number of anilines is 1. The fourth-order valence-electron chi connectivity index (χ4n) is 5.71. The topological polar surface area (TPSA) is 110 Å². The van der Waals surface area contributed by atoms with E-state index in [0.717, 1.165) is 48.9 Å². The highest BCUT2D eigenvalue weighted by Crippen LogP contribution is 2.56. The normalized spacial score (nSPS) is 18.8. The number of H-pyrrole nitrogens is 1. The van der Waals surface area contributed by atoms with Gasteiger partial charge in [0.1, 0.15) is 0 Å². The number of aliphatic hydroxyl groups is 1. The lowest BCUT2D eigenvalue weighted by molar-refractivity contribution is -0.121. The van der Waals surface area contributed by atoms with Gasteiger partial charge < -0.3 is 20.6 Å². The molecule has 0 radical (unpaired) electrons. The zero-order chi connectivity index (χ0) is 26.1. The van der Waals surface area contributed by atoms with Gasteiger partial charge in [0.15, 0.2) is 5.82 Å². The first-order valence-electron chi connectivity index (χ1n) is 13.1. The fraction of sp³-hybridized carbons (Fsp3) is 0.593. The second kappa shape index (κ2) is 10.0. The number of benzene rings is 1. The van der Waals surface area contributed by atoms with Crippen LogP contribution in [0.5, 0.6) is 0 Å². The summed E-state index contributed by atoms with van der Waals surface area (Å²) in [6.45, 7) is 11.3. The van der Waals surface area contributed by atoms with Gasteiger partial charge in [-0.25, -0.2) is 4.79 Å². The molecule has 2 aromatic rings. The van der Waals surface area contributed by atoms with Gasteiger partial charge in [-0.1, -0.05) is 56.4 Å². The molecule has 1 saturated carbocycles. The van der Waals surface area contributed by atoms with E-state index in [0.29, 0.717) is 18.8 Å². The molecule has 1 unspecified atom stereocenters. The summed E-state index contributed by atoms with van der Waals surface area (Å²) in [5, 5.41) is 22.9. The molecule has 0 bridgehead atoms. The Morgan fingerprint density at radius 3 is 2.44 bits per heavy atom. The molecule has 3 amide bonds. The molecule has 0 saturated heterocycles. The second-order valence-electron chi connectivity index (χ2n) is 11.8. The molecule has 1 fully saturated rings. The molecular formula is C27H41N5O3Si. The van der Waals surface area contributed by atoms with E-state index < -0.39 is 13.6 Å². The standard InChI is InChI=1S/C27H41N5O3Si/c1-26(2)22-20(23(31-30-22)29-24(34)27(15-11-16-27)36(3,4)5)18-32(26)25(35)28-21(14-9-10-17-33)19-12-7-6-8-13-19/h6-8,12-13,21,33H,9-11,14-18H2,1-5H3,(H,28,35)(H2,29,30,31,34). The highest BCUT2D eigenvalue weighted by molar-refractivity contribution is 6.83.